The van der Waals surface area contributed by atoms with E-state index >= 15 is 0 Å². The minimum atomic E-state index is 0.458. The van der Waals surface area contributed by atoms with Gasteiger partial charge in [0.15, 0.2) is 0 Å². The molecule has 0 fully saturated rings. The summed E-state index contributed by atoms with van der Waals surface area (Å²) in [5, 5.41) is 3.46. The van der Waals surface area contributed by atoms with Gasteiger partial charge in [0, 0.05) is 22.2 Å². The monoisotopic (exact) mass is 301 g/mol. The third-order valence-corrected chi connectivity index (χ3v) is 5.54. The highest BCUT2D eigenvalue weighted by Gasteiger charge is 2.14. The van der Waals surface area contributed by atoms with Crippen LogP contribution < -0.4 is 10.1 Å². The lowest BCUT2D eigenvalue weighted by molar-refractivity contribution is 0.357. The van der Waals surface area contributed by atoms with E-state index < -0.39 is 0 Å². The first-order valence-electron chi connectivity index (χ1n) is 7.80. The first-order valence-corrected chi connectivity index (χ1v) is 8.62. The smallest absolute Gasteiger partial charge is 0.122 e. The van der Waals surface area contributed by atoms with Gasteiger partial charge in [0.05, 0.1) is 6.61 Å². The van der Waals surface area contributed by atoms with E-state index in [-0.39, 0.29) is 0 Å². The third kappa shape index (κ3) is 3.30. The Bertz CT molecular complexity index is 605. The Hall–Kier alpha value is -1.32. The van der Waals surface area contributed by atoms with Crippen LogP contribution in [0.3, 0.4) is 0 Å². The maximum Gasteiger partial charge on any atom is 0.122 e. The topological polar surface area (TPSA) is 21.3 Å². The summed E-state index contributed by atoms with van der Waals surface area (Å²) in [6, 6.07) is 11.7. The quantitative estimate of drug-likeness (QED) is 0.866. The molecule has 2 heterocycles. The van der Waals surface area contributed by atoms with Crippen LogP contribution in [-0.2, 0) is 19.3 Å². The summed E-state index contributed by atoms with van der Waals surface area (Å²) in [5.74, 6) is 1.08. The second-order valence-corrected chi connectivity index (χ2v) is 6.78. The molecular weight excluding hydrogens is 278 g/mol. The highest BCUT2D eigenvalue weighted by Crippen LogP contribution is 2.29. The largest absolute Gasteiger partial charge is 0.493 e. The molecule has 3 rings (SSSR count). The molecule has 3 heteroatoms. The molecule has 1 aliphatic rings. The van der Waals surface area contributed by atoms with Crippen molar-refractivity contribution in [2.45, 2.75) is 38.6 Å². The van der Waals surface area contributed by atoms with E-state index in [2.05, 4.69) is 49.6 Å². The number of nitrogens with one attached hydrogen (secondary N) is 1. The summed E-state index contributed by atoms with van der Waals surface area (Å²) in [6.45, 7) is 3.06. The van der Waals surface area contributed by atoms with E-state index in [9.17, 15) is 0 Å². The molecule has 1 unspecified atom stereocenters. The van der Waals surface area contributed by atoms with Gasteiger partial charge < -0.3 is 10.1 Å². The third-order valence-electron chi connectivity index (χ3n) is 4.20. The van der Waals surface area contributed by atoms with Crippen molar-refractivity contribution in [2.24, 2.45) is 0 Å². The van der Waals surface area contributed by atoms with Crippen LogP contribution in [0.25, 0.3) is 0 Å². The number of rotatable bonds is 6. The number of benzene rings is 1. The Kier molecular flexibility index (Phi) is 4.61. The Balaban J connectivity index is 1.65. The lowest BCUT2D eigenvalue weighted by Gasteiger charge is -2.14. The zero-order valence-corrected chi connectivity index (χ0v) is 13.6. The van der Waals surface area contributed by atoms with Crippen molar-refractivity contribution in [3.8, 4) is 5.75 Å². The Labute approximate surface area is 131 Å². The van der Waals surface area contributed by atoms with Gasteiger partial charge in [0.1, 0.15) is 5.75 Å². The van der Waals surface area contributed by atoms with Crippen molar-refractivity contribution in [2.75, 3.05) is 13.7 Å². The molecule has 0 spiro atoms. The highest BCUT2D eigenvalue weighted by molar-refractivity contribution is 7.12. The summed E-state index contributed by atoms with van der Waals surface area (Å²) in [4.78, 5) is 2.93. The van der Waals surface area contributed by atoms with Gasteiger partial charge in [0.2, 0.25) is 0 Å². The molecule has 0 aliphatic carbocycles. The van der Waals surface area contributed by atoms with E-state index in [1.165, 1.54) is 20.9 Å². The minimum absolute atomic E-state index is 0.458. The van der Waals surface area contributed by atoms with E-state index in [1.54, 1.807) is 0 Å². The summed E-state index contributed by atoms with van der Waals surface area (Å²) in [7, 11) is 2.06. The van der Waals surface area contributed by atoms with Crippen LogP contribution in [0.2, 0.25) is 0 Å². The maximum atomic E-state index is 5.57. The fraction of sp³-hybridized carbons (Fsp3) is 0.444. The van der Waals surface area contributed by atoms with E-state index in [0.29, 0.717) is 6.04 Å². The molecule has 0 amide bonds. The zero-order valence-electron chi connectivity index (χ0n) is 12.8. The molecule has 1 aromatic heterocycles. The Morgan fingerprint density at radius 3 is 2.95 bits per heavy atom. The predicted molar refractivity (Wildman–Crippen MR) is 89.5 cm³/mol. The van der Waals surface area contributed by atoms with Crippen LogP contribution in [0.5, 0.6) is 5.75 Å². The molecule has 1 aliphatic heterocycles. The number of hydrogen-bond acceptors (Lipinski definition) is 3. The van der Waals surface area contributed by atoms with Gasteiger partial charge in [-0.25, -0.2) is 0 Å². The van der Waals surface area contributed by atoms with Crippen LogP contribution in [0.1, 0.15) is 40.3 Å². The van der Waals surface area contributed by atoms with Crippen molar-refractivity contribution in [3.05, 3.63) is 51.2 Å². The van der Waals surface area contributed by atoms with Crippen molar-refractivity contribution in [1.82, 2.24) is 5.32 Å². The van der Waals surface area contributed by atoms with Gasteiger partial charge in [-0.05, 0) is 55.6 Å². The van der Waals surface area contributed by atoms with Crippen molar-refractivity contribution in [3.63, 3.8) is 0 Å². The molecule has 112 valence electrons. The van der Waals surface area contributed by atoms with Crippen molar-refractivity contribution >= 4 is 11.3 Å². The fourth-order valence-electron chi connectivity index (χ4n) is 2.91. The zero-order chi connectivity index (χ0) is 14.7. The van der Waals surface area contributed by atoms with Crippen molar-refractivity contribution in [1.29, 1.82) is 0 Å². The standard InChI is InChI=1S/C18H23NOS/c1-3-15-6-9-18(21-15)16(19-2)7-4-13-5-8-17-14(12-13)10-11-20-17/h5-6,8-9,12,16,19H,3-4,7,10-11H2,1-2H3. The maximum absolute atomic E-state index is 5.57. The van der Waals surface area contributed by atoms with Crippen molar-refractivity contribution < 1.29 is 4.74 Å². The van der Waals surface area contributed by atoms with Gasteiger partial charge >= 0.3 is 0 Å². The normalized spacial score (nSPS) is 14.8. The number of fused-ring (bicyclic) bond motifs is 1. The SMILES string of the molecule is CCc1ccc(C(CCc2ccc3c(c2)CCO3)NC)s1. The van der Waals surface area contributed by atoms with E-state index in [1.807, 2.05) is 11.3 Å². The van der Waals surface area contributed by atoms with E-state index in [4.69, 9.17) is 4.74 Å². The molecule has 0 radical (unpaired) electrons. The number of hydrogen-bond donors (Lipinski definition) is 1. The van der Waals surface area contributed by atoms with Crippen LogP contribution in [0, 0.1) is 0 Å². The summed E-state index contributed by atoms with van der Waals surface area (Å²) >= 11 is 1.94. The molecule has 1 atom stereocenters. The van der Waals surface area contributed by atoms with Crippen LogP contribution >= 0.6 is 11.3 Å². The second-order valence-electron chi connectivity index (χ2n) is 5.58. The summed E-state index contributed by atoms with van der Waals surface area (Å²) in [6.07, 6.45) is 4.44. The van der Waals surface area contributed by atoms with Crippen LogP contribution in [0.15, 0.2) is 30.3 Å². The lowest BCUT2D eigenvalue weighted by Crippen LogP contribution is -2.15. The van der Waals surface area contributed by atoms with E-state index in [0.717, 1.165) is 38.0 Å². The number of thiophene rings is 1. The molecule has 0 bridgehead atoms. The lowest BCUT2D eigenvalue weighted by atomic mass is 10.0. The number of aryl methyl sites for hydroxylation is 2. The molecule has 0 saturated heterocycles. The summed E-state index contributed by atoms with van der Waals surface area (Å²) < 4.78 is 5.57. The molecular formula is C18H23NOS. The molecule has 0 saturated carbocycles. The molecule has 1 N–H and O–H groups in total. The van der Waals surface area contributed by atoms with Gasteiger partial charge in [-0.3, -0.25) is 0 Å². The Morgan fingerprint density at radius 2 is 2.19 bits per heavy atom. The molecule has 2 nitrogen and oxygen atoms in total. The first kappa shape index (κ1) is 14.6. The first-order chi connectivity index (χ1) is 10.3. The second kappa shape index (κ2) is 6.63. The fourth-order valence-corrected chi connectivity index (χ4v) is 4.00. The highest BCUT2D eigenvalue weighted by atomic mass is 32.1. The minimum Gasteiger partial charge on any atom is -0.493 e. The summed E-state index contributed by atoms with van der Waals surface area (Å²) in [5.41, 5.74) is 2.80. The number of ether oxygens (including phenoxy) is 1. The van der Waals surface area contributed by atoms with Gasteiger partial charge in [-0.15, -0.1) is 11.3 Å². The van der Waals surface area contributed by atoms with Gasteiger partial charge in [-0.2, -0.15) is 0 Å². The Morgan fingerprint density at radius 1 is 1.29 bits per heavy atom. The predicted octanol–water partition coefficient (Wildman–Crippen LogP) is 4.14. The molecule has 1 aromatic carbocycles. The average Bonchev–Trinajstić information content (AvgIpc) is 3.16. The average molecular weight is 301 g/mol. The van der Waals surface area contributed by atoms with Gasteiger partial charge in [-0.1, -0.05) is 19.1 Å². The van der Waals surface area contributed by atoms with Crippen LogP contribution in [-0.4, -0.2) is 13.7 Å². The molecule has 2 aromatic rings. The molecule has 21 heavy (non-hydrogen) atoms. The van der Waals surface area contributed by atoms with Gasteiger partial charge in [0.25, 0.3) is 0 Å². The van der Waals surface area contributed by atoms with Crippen LogP contribution in [0.4, 0.5) is 0 Å².